The Labute approximate surface area is 81.5 Å². The molecular weight excluding hydrogens is 180 g/mol. The van der Waals surface area contributed by atoms with E-state index in [1.165, 1.54) is 0 Å². The van der Waals surface area contributed by atoms with E-state index in [1.54, 1.807) is 13.2 Å². The lowest BCUT2D eigenvalue weighted by molar-refractivity contribution is 0.369. The van der Waals surface area contributed by atoms with Crippen molar-refractivity contribution in [1.29, 1.82) is 0 Å². The number of rotatable bonds is 1. The molecule has 0 aliphatic carbocycles. The molecule has 2 N–H and O–H groups in total. The fraction of sp³-hybridized carbons (Fsp3) is 0.300. The molecule has 4 nitrogen and oxygen atoms in total. The number of fused-ring (bicyclic) bond motifs is 1. The summed E-state index contributed by atoms with van der Waals surface area (Å²) in [4.78, 5) is 4.23. The van der Waals surface area contributed by atoms with Crippen LogP contribution in [0.5, 0.6) is 11.5 Å². The van der Waals surface area contributed by atoms with Crippen LogP contribution >= 0.6 is 0 Å². The lowest BCUT2D eigenvalue weighted by Gasteiger charge is -2.10. The third-order valence-corrected chi connectivity index (χ3v) is 2.32. The van der Waals surface area contributed by atoms with Gasteiger partial charge in [-0.05, 0) is 6.92 Å². The van der Waals surface area contributed by atoms with Gasteiger partial charge in [0.1, 0.15) is 6.67 Å². The van der Waals surface area contributed by atoms with Crippen LogP contribution < -0.4 is 20.6 Å². The molecule has 14 heavy (non-hydrogen) atoms. The highest BCUT2D eigenvalue weighted by Gasteiger charge is 2.09. The lowest BCUT2D eigenvalue weighted by Crippen LogP contribution is -2.35. The number of phenols is 1. The monoisotopic (exact) mass is 192 g/mol. The van der Waals surface area contributed by atoms with Gasteiger partial charge in [-0.2, -0.15) is 0 Å². The number of aromatic hydroxyl groups is 1. The predicted octanol–water partition coefficient (Wildman–Crippen LogP) is -0.372. The van der Waals surface area contributed by atoms with Gasteiger partial charge in [0.15, 0.2) is 11.5 Å². The Balaban J connectivity index is 2.84. The Morgan fingerprint density at radius 1 is 1.57 bits per heavy atom. The molecule has 1 aliphatic rings. The maximum atomic E-state index is 9.63. The van der Waals surface area contributed by atoms with E-state index in [2.05, 4.69) is 10.3 Å². The van der Waals surface area contributed by atoms with Gasteiger partial charge in [0.25, 0.3) is 0 Å². The zero-order valence-electron chi connectivity index (χ0n) is 8.16. The van der Waals surface area contributed by atoms with Crippen molar-refractivity contribution in [2.45, 2.75) is 6.92 Å². The summed E-state index contributed by atoms with van der Waals surface area (Å²) in [6, 6.07) is 1.62. The first kappa shape index (κ1) is 8.87. The molecule has 0 spiro atoms. The van der Waals surface area contributed by atoms with Gasteiger partial charge in [-0.3, -0.25) is 4.99 Å². The van der Waals surface area contributed by atoms with Crippen molar-refractivity contribution < 1.29 is 9.84 Å². The minimum Gasteiger partial charge on any atom is -0.504 e. The summed E-state index contributed by atoms with van der Waals surface area (Å²) in [5, 5.41) is 14.4. The zero-order valence-corrected chi connectivity index (χ0v) is 8.16. The number of hydrogen-bond donors (Lipinski definition) is 2. The van der Waals surface area contributed by atoms with Gasteiger partial charge in [0, 0.05) is 23.0 Å². The molecule has 0 saturated carbocycles. The third kappa shape index (κ3) is 1.19. The number of benzene rings is 1. The van der Waals surface area contributed by atoms with E-state index in [1.807, 2.05) is 13.1 Å². The van der Waals surface area contributed by atoms with Gasteiger partial charge < -0.3 is 15.2 Å². The molecule has 1 aromatic rings. The molecule has 1 aliphatic heterocycles. The van der Waals surface area contributed by atoms with Gasteiger partial charge in [-0.15, -0.1) is 0 Å². The first-order valence-corrected chi connectivity index (χ1v) is 4.38. The Bertz CT molecular complexity index is 480. The number of hydrogen-bond acceptors (Lipinski definition) is 4. The summed E-state index contributed by atoms with van der Waals surface area (Å²) >= 11 is 0. The molecule has 0 fully saturated rings. The van der Waals surface area contributed by atoms with Gasteiger partial charge in [-0.1, -0.05) is 0 Å². The van der Waals surface area contributed by atoms with E-state index >= 15 is 0 Å². The second-order valence-electron chi connectivity index (χ2n) is 3.15. The van der Waals surface area contributed by atoms with Crippen LogP contribution in [-0.4, -0.2) is 18.9 Å². The fourth-order valence-electron chi connectivity index (χ4n) is 1.63. The van der Waals surface area contributed by atoms with Crippen LogP contribution in [-0.2, 0) is 0 Å². The quantitative estimate of drug-likeness (QED) is 0.638. The highest BCUT2D eigenvalue weighted by atomic mass is 16.5. The molecule has 2 rings (SSSR count). The number of ether oxygens (including phenoxy) is 1. The molecule has 1 heterocycles. The van der Waals surface area contributed by atoms with Crippen molar-refractivity contribution in [3.8, 4) is 11.5 Å². The number of nitrogens with one attached hydrogen (secondary N) is 1. The fourth-order valence-corrected chi connectivity index (χ4v) is 1.63. The van der Waals surface area contributed by atoms with Crippen molar-refractivity contribution >= 4 is 6.20 Å². The molecule has 0 unspecified atom stereocenters. The normalized spacial score (nSPS) is 13.3. The lowest BCUT2D eigenvalue weighted by atomic mass is 10.1. The predicted molar refractivity (Wildman–Crippen MR) is 52.6 cm³/mol. The molecule has 1 aromatic carbocycles. The second kappa shape index (κ2) is 3.21. The standard InChI is InChI=1S/C10H12N2O2/c1-6-7-4-11-5-12-8(7)3-9(13)10(6)14-2/h3-4,11,13H,5H2,1-2H3. The van der Waals surface area contributed by atoms with Crippen molar-refractivity contribution in [1.82, 2.24) is 5.32 Å². The van der Waals surface area contributed by atoms with Crippen LogP contribution in [0.1, 0.15) is 5.56 Å². The highest BCUT2D eigenvalue weighted by Crippen LogP contribution is 2.24. The van der Waals surface area contributed by atoms with Crippen LogP contribution in [0.15, 0.2) is 11.1 Å². The van der Waals surface area contributed by atoms with Crippen LogP contribution in [0.25, 0.3) is 6.20 Å². The molecule has 0 radical (unpaired) electrons. The maximum absolute atomic E-state index is 9.63. The van der Waals surface area contributed by atoms with E-state index in [-0.39, 0.29) is 5.75 Å². The van der Waals surface area contributed by atoms with Crippen molar-refractivity contribution in [3.05, 3.63) is 22.2 Å². The van der Waals surface area contributed by atoms with Crippen LogP contribution in [0.2, 0.25) is 0 Å². The van der Waals surface area contributed by atoms with Gasteiger partial charge >= 0.3 is 0 Å². The largest absolute Gasteiger partial charge is 0.504 e. The first-order valence-electron chi connectivity index (χ1n) is 4.38. The van der Waals surface area contributed by atoms with Crippen LogP contribution in [0, 0.1) is 6.92 Å². The summed E-state index contributed by atoms with van der Waals surface area (Å²) < 4.78 is 5.10. The molecule has 0 aromatic heterocycles. The molecule has 0 bridgehead atoms. The summed E-state index contributed by atoms with van der Waals surface area (Å²) in [5.41, 5.74) is 0.901. The smallest absolute Gasteiger partial charge is 0.164 e. The minimum atomic E-state index is 0.141. The van der Waals surface area contributed by atoms with E-state index in [4.69, 9.17) is 4.74 Å². The highest BCUT2D eigenvalue weighted by molar-refractivity contribution is 5.48. The number of methoxy groups -OCH3 is 1. The first-order chi connectivity index (χ1) is 6.74. The molecule has 0 amide bonds. The van der Waals surface area contributed by atoms with Gasteiger partial charge in [-0.25, -0.2) is 0 Å². The Kier molecular flexibility index (Phi) is 2.04. The summed E-state index contributed by atoms with van der Waals surface area (Å²) in [6.45, 7) is 2.45. The molecule has 4 heteroatoms. The SMILES string of the molecule is COc1c(O)cc2c(c1C)=CNCN=2. The number of phenolic OH excluding ortho intramolecular Hbond substituents is 1. The van der Waals surface area contributed by atoms with Crippen molar-refractivity contribution in [2.24, 2.45) is 4.99 Å². The van der Waals surface area contributed by atoms with E-state index in [0.29, 0.717) is 12.4 Å². The second-order valence-corrected chi connectivity index (χ2v) is 3.15. The van der Waals surface area contributed by atoms with E-state index in [9.17, 15) is 5.11 Å². The van der Waals surface area contributed by atoms with E-state index < -0.39 is 0 Å². The van der Waals surface area contributed by atoms with Crippen LogP contribution in [0.4, 0.5) is 0 Å². The summed E-state index contributed by atoms with van der Waals surface area (Å²) in [6.07, 6.45) is 1.89. The van der Waals surface area contributed by atoms with Crippen molar-refractivity contribution in [2.75, 3.05) is 13.8 Å². The van der Waals surface area contributed by atoms with Gasteiger partial charge in [0.05, 0.1) is 12.5 Å². The van der Waals surface area contributed by atoms with Crippen molar-refractivity contribution in [3.63, 3.8) is 0 Å². The molecule has 74 valence electrons. The average Bonchev–Trinajstić information content (AvgIpc) is 2.18. The minimum absolute atomic E-state index is 0.141. The molecule has 0 saturated heterocycles. The Morgan fingerprint density at radius 2 is 2.36 bits per heavy atom. The Morgan fingerprint density at radius 3 is 3.07 bits per heavy atom. The summed E-state index contributed by atoms with van der Waals surface area (Å²) in [7, 11) is 1.54. The Hall–Kier alpha value is -1.71. The maximum Gasteiger partial charge on any atom is 0.164 e. The van der Waals surface area contributed by atoms with Crippen LogP contribution in [0.3, 0.4) is 0 Å². The third-order valence-electron chi connectivity index (χ3n) is 2.32. The van der Waals surface area contributed by atoms with E-state index in [0.717, 1.165) is 16.1 Å². The molecular formula is C10H12N2O2. The molecule has 0 atom stereocenters. The van der Waals surface area contributed by atoms with Gasteiger partial charge in [0.2, 0.25) is 0 Å². The topological polar surface area (TPSA) is 53.9 Å². The zero-order chi connectivity index (χ0) is 10.1. The average molecular weight is 192 g/mol. The summed E-state index contributed by atoms with van der Waals surface area (Å²) in [5.74, 6) is 0.654. The number of nitrogens with zero attached hydrogens (tertiary/aromatic N) is 1.